The Morgan fingerprint density at radius 1 is 1.60 bits per heavy atom. The fraction of sp³-hybridized carbons (Fsp3) is 0.600. The van der Waals surface area contributed by atoms with Gasteiger partial charge < -0.3 is 5.73 Å². The van der Waals surface area contributed by atoms with E-state index in [1.54, 1.807) is 11.3 Å². The standard InChI is InChI=1S/C10H15ClN2S.ClH/c11-8-4-10(14-7-8)6-13-3-1-2-9(13)5-12;/h4,7,9H,1-3,5-6,12H2;1H. The van der Waals surface area contributed by atoms with E-state index in [9.17, 15) is 0 Å². The lowest BCUT2D eigenvalue weighted by Gasteiger charge is -2.22. The van der Waals surface area contributed by atoms with Gasteiger partial charge in [-0.25, -0.2) is 0 Å². The Morgan fingerprint density at radius 2 is 2.40 bits per heavy atom. The molecule has 0 radical (unpaired) electrons. The van der Waals surface area contributed by atoms with Gasteiger partial charge in [-0.15, -0.1) is 23.7 Å². The number of nitrogens with zero attached hydrogens (tertiary/aromatic N) is 1. The zero-order valence-corrected chi connectivity index (χ0v) is 10.9. The van der Waals surface area contributed by atoms with Crippen LogP contribution >= 0.6 is 35.3 Å². The van der Waals surface area contributed by atoms with E-state index in [1.807, 2.05) is 5.38 Å². The first-order valence-electron chi connectivity index (χ1n) is 4.96. The largest absolute Gasteiger partial charge is 0.329 e. The minimum atomic E-state index is 0. The van der Waals surface area contributed by atoms with Crippen molar-refractivity contribution in [2.75, 3.05) is 13.1 Å². The quantitative estimate of drug-likeness (QED) is 0.912. The van der Waals surface area contributed by atoms with E-state index < -0.39 is 0 Å². The van der Waals surface area contributed by atoms with Gasteiger partial charge in [0.05, 0.1) is 5.02 Å². The molecule has 0 aromatic carbocycles. The van der Waals surface area contributed by atoms with Gasteiger partial charge >= 0.3 is 0 Å². The summed E-state index contributed by atoms with van der Waals surface area (Å²) in [5.74, 6) is 0. The van der Waals surface area contributed by atoms with Gasteiger partial charge in [0, 0.05) is 29.4 Å². The van der Waals surface area contributed by atoms with Crippen molar-refractivity contribution in [1.82, 2.24) is 4.90 Å². The summed E-state index contributed by atoms with van der Waals surface area (Å²) in [6.45, 7) is 2.97. The van der Waals surface area contributed by atoms with E-state index in [2.05, 4.69) is 11.0 Å². The third kappa shape index (κ3) is 3.33. The van der Waals surface area contributed by atoms with E-state index in [1.165, 1.54) is 24.3 Å². The second-order valence-corrected chi connectivity index (χ2v) is 5.17. The molecule has 0 spiro atoms. The Morgan fingerprint density at radius 3 is 3.00 bits per heavy atom. The zero-order chi connectivity index (χ0) is 9.97. The van der Waals surface area contributed by atoms with Crippen LogP contribution in [0.1, 0.15) is 17.7 Å². The summed E-state index contributed by atoms with van der Waals surface area (Å²) in [6.07, 6.45) is 2.52. The maximum atomic E-state index is 5.88. The summed E-state index contributed by atoms with van der Waals surface area (Å²) in [6, 6.07) is 2.63. The third-order valence-electron chi connectivity index (χ3n) is 2.75. The van der Waals surface area contributed by atoms with Crippen LogP contribution in [0.15, 0.2) is 11.4 Å². The number of halogens is 2. The average Bonchev–Trinajstić information content (AvgIpc) is 2.76. The molecule has 15 heavy (non-hydrogen) atoms. The zero-order valence-electron chi connectivity index (χ0n) is 8.49. The Kier molecular flexibility index (Phi) is 5.36. The van der Waals surface area contributed by atoms with Crippen LogP contribution in [0.5, 0.6) is 0 Å². The number of thiophene rings is 1. The minimum absolute atomic E-state index is 0. The smallest absolute Gasteiger partial charge is 0.0516 e. The molecule has 2 heterocycles. The predicted octanol–water partition coefficient (Wildman–Crippen LogP) is 2.75. The van der Waals surface area contributed by atoms with Gasteiger partial charge in [0.1, 0.15) is 0 Å². The van der Waals surface area contributed by atoms with Crippen molar-refractivity contribution in [3.8, 4) is 0 Å². The van der Waals surface area contributed by atoms with Gasteiger partial charge in [-0.2, -0.15) is 0 Å². The fourth-order valence-electron chi connectivity index (χ4n) is 2.01. The number of rotatable bonds is 3. The number of nitrogens with two attached hydrogens (primary N) is 1. The second kappa shape index (κ2) is 6.06. The molecule has 1 aromatic rings. The Bertz CT molecular complexity index is 303. The van der Waals surface area contributed by atoms with Crippen molar-refractivity contribution in [1.29, 1.82) is 0 Å². The Labute approximate surface area is 106 Å². The second-order valence-electron chi connectivity index (χ2n) is 3.73. The first-order valence-corrected chi connectivity index (χ1v) is 6.22. The highest BCUT2D eigenvalue weighted by molar-refractivity contribution is 7.10. The fourth-order valence-corrected chi connectivity index (χ4v) is 3.10. The first kappa shape index (κ1) is 13.3. The molecule has 0 amide bonds. The molecular formula is C10H16Cl2N2S. The van der Waals surface area contributed by atoms with Gasteiger partial charge in [-0.3, -0.25) is 4.90 Å². The molecule has 0 bridgehead atoms. The molecule has 0 saturated carbocycles. The lowest BCUT2D eigenvalue weighted by Crippen LogP contribution is -2.34. The van der Waals surface area contributed by atoms with Crippen molar-refractivity contribution >= 4 is 35.3 Å². The van der Waals surface area contributed by atoms with Crippen molar-refractivity contribution in [2.45, 2.75) is 25.4 Å². The normalized spacial score (nSPS) is 21.6. The number of hydrogen-bond acceptors (Lipinski definition) is 3. The Balaban J connectivity index is 0.00000112. The van der Waals surface area contributed by atoms with E-state index in [0.29, 0.717) is 6.04 Å². The average molecular weight is 267 g/mol. The SMILES string of the molecule is Cl.NCC1CCCN1Cc1cc(Cl)cs1. The maximum Gasteiger partial charge on any atom is 0.0516 e. The number of hydrogen-bond donors (Lipinski definition) is 1. The molecular weight excluding hydrogens is 251 g/mol. The monoisotopic (exact) mass is 266 g/mol. The molecule has 1 aliphatic heterocycles. The van der Waals surface area contributed by atoms with Gasteiger partial charge in [0.15, 0.2) is 0 Å². The van der Waals surface area contributed by atoms with E-state index in [0.717, 1.165) is 18.1 Å². The summed E-state index contributed by atoms with van der Waals surface area (Å²) in [4.78, 5) is 3.80. The van der Waals surface area contributed by atoms with Crippen molar-refractivity contribution in [3.05, 3.63) is 21.3 Å². The highest BCUT2D eigenvalue weighted by Gasteiger charge is 2.23. The van der Waals surface area contributed by atoms with Crippen LogP contribution in [0.25, 0.3) is 0 Å². The van der Waals surface area contributed by atoms with Crippen LogP contribution in [-0.4, -0.2) is 24.0 Å². The topological polar surface area (TPSA) is 29.3 Å². The van der Waals surface area contributed by atoms with Gasteiger partial charge in [-0.05, 0) is 25.5 Å². The lowest BCUT2D eigenvalue weighted by atomic mass is 10.2. The molecule has 1 saturated heterocycles. The molecule has 0 aliphatic carbocycles. The molecule has 2 rings (SSSR count). The Hall–Kier alpha value is 0.200. The summed E-state index contributed by atoms with van der Waals surface area (Å²) >= 11 is 7.62. The summed E-state index contributed by atoms with van der Waals surface area (Å²) < 4.78 is 0. The van der Waals surface area contributed by atoms with Crippen LogP contribution in [0.4, 0.5) is 0 Å². The van der Waals surface area contributed by atoms with Crippen molar-refractivity contribution in [3.63, 3.8) is 0 Å². The predicted molar refractivity (Wildman–Crippen MR) is 69.1 cm³/mol. The van der Waals surface area contributed by atoms with E-state index in [4.69, 9.17) is 17.3 Å². The molecule has 1 aliphatic rings. The van der Waals surface area contributed by atoms with Crippen LogP contribution < -0.4 is 5.73 Å². The van der Waals surface area contributed by atoms with Crippen LogP contribution in [0.2, 0.25) is 5.02 Å². The third-order valence-corrected chi connectivity index (χ3v) is 4.02. The molecule has 1 fully saturated rings. The van der Waals surface area contributed by atoms with E-state index in [-0.39, 0.29) is 12.4 Å². The maximum absolute atomic E-state index is 5.88. The molecule has 2 N–H and O–H groups in total. The molecule has 2 nitrogen and oxygen atoms in total. The molecule has 1 unspecified atom stereocenters. The van der Waals surface area contributed by atoms with Gasteiger partial charge in [0.25, 0.3) is 0 Å². The van der Waals surface area contributed by atoms with Crippen LogP contribution in [0, 0.1) is 0 Å². The van der Waals surface area contributed by atoms with E-state index >= 15 is 0 Å². The van der Waals surface area contributed by atoms with Crippen molar-refractivity contribution < 1.29 is 0 Å². The summed E-state index contributed by atoms with van der Waals surface area (Å²) in [5, 5.41) is 2.85. The molecule has 86 valence electrons. The summed E-state index contributed by atoms with van der Waals surface area (Å²) in [5.41, 5.74) is 5.72. The summed E-state index contributed by atoms with van der Waals surface area (Å²) in [7, 11) is 0. The minimum Gasteiger partial charge on any atom is -0.329 e. The highest BCUT2D eigenvalue weighted by atomic mass is 35.5. The first-order chi connectivity index (χ1) is 6.79. The molecule has 1 aromatic heterocycles. The van der Waals surface area contributed by atoms with Crippen molar-refractivity contribution in [2.24, 2.45) is 5.73 Å². The van der Waals surface area contributed by atoms with Crippen LogP contribution in [0.3, 0.4) is 0 Å². The number of likely N-dealkylation sites (tertiary alicyclic amines) is 1. The molecule has 1 atom stereocenters. The highest BCUT2D eigenvalue weighted by Crippen LogP contribution is 2.24. The lowest BCUT2D eigenvalue weighted by molar-refractivity contribution is 0.252. The van der Waals surface area contributed by atoms with Gasteiger partial charge in [-0.1, -0.05) is 11.6 Å². The molecule has 5 heteroatoms. The van der Waals surface area contributed by atoms with Gasteiger partial charge in [0.2, 0.25) is 0 Å². The van der Waals surface area contributed by atoms with Crippen LogP contribution in [-0.2, 0) is 6.54 Å².